The van der Waals surface area contributed by atoms with Crippen molar-refractivity contribution in [2.24, 2.45) is 0 Å². The van der Waals surface area contributed by atoms with Crippen LogP contribution in [0.25, 0.3) is 5.69 Å². The Labute approximate surface area is 114 Å². The molecular weight excluding hydrogens is 236 g/mol. The molecular formula is C16H22N2O. The first-order valence-corrected chi connectivity index (χ1v) is 7.06. The fourth-order valence-electron chi connectivity index (χ4n) is 2.29. The van der Waals surface area contributed by atoms with Gasteiger partial charge in [0.15, 0.2) is 0 Å². The molecule has 1 aromatic heterocycles. The Morgan fingerprint density at radius 2 is 1.89 bits per heavy atom. The number of aliphatic hydroxyl groups excluding tert-OH is 1. The zero-order valence-corrected chi connectivity index (χ0v) is 11.9. The summed E-state index contributed by atoms with van der Waals surface area (Å²) >= 11 is 0. The first-order chi connectivity index (χ1) is 9.21. The van der Waals surface area contributed by atoms with Gasteiger partial charge in [-0.15, -0.1) is 0 Å². The van der Waals surface area contributed by atoms with E-state index < -0.39 is 6.10 Å². The van der Waals surface area contributed by atoms with E-state index in [9.17, 15) is 5.11 Å². The molecule has 1 heterocycles. The molecule has 0 amide bonds. The summed E-state index contributed by atoms with van der Waals surface area (Å²) in [6.45, 7) is 6.23. The maximum atomic E-state index is 10.2. The molecule has 0 radical (unpaired) electrons. The number of hydrogen-bond donors (Lipinski definition) is 1. The summed E-state index contributed by atoms with van der Waals surface area (Å²) in [5, 5.41) is 14.8. The van der Waals surface area contributed by atoms with Gasteiger partial charge >= 0.3 is 0 Å². The SMILES string of the molecule is CCc1cc(CC)n(-c2ccccc2C(O)CC)n1. The summed E-state index contributed by atoms with van der Waals surface area (Å²) in [5.41, 5.74) is 4.23. The number of aliphatic hydroxyl groups is 1. The molecule has 2 rings (SSSR count). The third-order valence-corrected chi connectivity index (χ3v) is 3.47. The zero-order chi connectivity index (χ0) is 13.8. The molecule has 0 aliphatic rings. The minimum absolute atomic E-state index is 0.435. The average molecular weight is 258 g/mol. The molecule has 19 heavy (non-hydrogen) atoms. The maximum Gasteiger partial charge on any atom is 0.0808 e. The molecule has 1 unspecified atom stereocenters. The fourth-order valence-corrected chi connectivity index (χ4v) is 2.29. The quantitative estimate of drug-likeness (QED) is 0.892. The second kappa shape index (κ2) is 6.02. The van der Waals surface area contributed by atoms with Gasteiger partial charge in [-0.2, -0.15) is 5.10 Å². The van der Waals surface area contributed by atoms with Crippen molar-refractivity contribution in [3.63, 3.8) is 0 Å². The molecule has 102 valence electrons. The van der Waals surface area contributed by atoms with Gasteiger partial charge in [-0.1, -0.05) is 39.0 Å². The van der Waals surface area contributed by atoms with Crippen molar-refractivity contribution in [3.05, 3.63) is 47.3 Å². The maximum absolute atomic E-state index is 10.2. The van der Waals surface area contributed by atoms with Crippen LogP contribution in [-0.4, -0.2) is 14.9 Å². The van der Waals surface area contributed by atoms with E-state index in [0.29, 0.717) is 6.42 Å². The highest BCUT2D eigenvalue weighted by molar-refractivity contribution is 5.43. The third kappa shape index (κ3) is 2.71. The van der Waals surface area contributed by atoms with Gasteiger partial charge in [0, 0.05) is 11.3 Å². The fraction of sp³-hybridized carbons (Fsp3) is 0.438. The number of rotatable bonds is 5. The van der Waals surface area contributed by atoms with Crippen molar-refractivity contribution < 1.29 is 5.11 Å². The van der Waals surface area contributed by atoms with E-state index in [0.717, 1.165) is 29.8 Å². The average Bonchev–Trinajstić information content (AvgIpc) is 2.89. The first kappa shape index (κ1) is 13.8. The lowest BCUT2D eigenvalue weighted by Gasteiger charge is -2.15. The molecule has 0 bridgehead atoms. The van der Waals surface area contributed by atoms with Crippen LogP contribution in [0.1, 0.15) is 50.2 Å². The van der Waals surface area contributed by atoms with Gasteiger partial charge in [0.05, 0.1) is 17.5 Å². The van der Waals surface area contributed by atoms with Crippen LogP contribution in [0.3, 0.4) is 0 Å². The molecule has 1 N–H and O–H groups in total. The Morgan fingerprint density at radius 1 is 1.16 bits per heavy atom. The molecule has 1 atom stereocenters. The van der Waals surface area contributed by atoms with Crippen LogP contribution in [0.5, 0.6) is 0 Å². The number of benzene rings is 1. The van der Waals surface area contributed by atoms with Crippen molar-refractivity contribution in [1.82, 2.24) is 9.78 Å². The van der Waals surface area contributed by atoms with Gasteiger partial charge in [0.2, 0.25) is 0 Å². The molecule has 3 nitrogen and oxygen atoms in total. The van der Waals surface area contributed by atoms with Crippen molar-refractivity contribution in [2.45, 2.75) is 46.1 Å². The minimum Gasteiger partial charge on any atom is -0.388 e. The topological polar surface area (TPSA) is 38.0 Å². The Bertz CT molecular complexity index is 545. The van der Waals surface area contributed by atoms with E-state index in [2.05, 4.69) is 25.0 Å². The molecule has 0 aliphatic heterocycles. The van der Waals surface area contributed by atoms with Gasteiger partial charge < -0.3 is 5.11 Å². The second-order valence-corrected chi connectivity index (χ2v) is 4.73. The van der Waals surface area contributed by atoms with Crippen LogP contribution in [0.15, 0.2) is 30.3 Å². The first-order valence-electron chi connectivity index (χ1n) is 7.06. The highest BCUT2D eigenvalue weighted by atomic mass is 16.3. The summed E-state index contributed by atoms with van der Waals surface area (Å²) in [7, 11) is 0. The highest BCUT2D eigenvalue weighted by Crippen LogP contribution is 2.25. The zero-order valence-electron chi connectivity index (χ0n) is 11.9. The Balaban J connectivity index is 2.55. The third-order valence-electron chi connectivity index (χ3n) is 3.47. The number of hydrogen-bond acceptors (Lipinski definition) is 2. The highest BCUT2D eigenvalue weighted by Gasteiger charge is 2.14. The van der Waals surface area contributed by atoms with Crippen LogP contribution in [0, 0.1) is 0 Å². The molecule has 3 heteroatoms. The van der Waals surface area contributed by atoms with Crippen molar-refractivity contribution in [1.29, 1.82) is 0 Å². The number of nitrogens with zero attached hydrogens (tertiary/aromatic N) is 2. The van der Waals surface area contributed by atoms with E-state index in [-0.39, 0.29) is 0 Å². The van der Waals surface area contributed by atoms with Crippen LogP contribution in [-0.2, 0) is 12.8 Å². The summed E-state index contributed by atoms with van der Waals surface area (Å²) in [4.78, 5) is 0. The molecule has 0 fully saturated rings. The van der Waals surface area contributed by atoms with E-state index in [4.69, 9.17) is 0 Å². The number of aryl methyl sites for hydroxylation is 2. The summed E-state index contributed by atoms with van der Waals surface area (Å²) in [6, 6.07) is 10.1. The van der Waals surface area contributed by atoms with Crippen molar-refractivity contribution in [3.8, 4) is 5.69 Å². The monoisotopic (exact) mass is 258 g/mol. The van der Waals surface area contributed by atoms with Crippen LogP contribution in [0.2, 0.25) is 0 Å². The van der Waals surface area contributed by atoms with Gasteiger partial charge in [-0.25, -0.2) is 4.68 Å². The number of aromatic nitrogens is 2. The van der Waals surface area contributed by atoms with E-state index in [1.54, 1.807) is 0 Å². The van der Waals surface area contributed by atoms with Gasteiger partial charge in [0.1, 0.15) is 0 Å². The number of para-hydroxylation sites is 1. The van der Waals surface area contributed by atoms with Crippen molar-refractivity contribution >= 4 is 0 Å². The van der Waals surface area contributed by atoms with Crippen LogP contribution < -0.4 is 0 Å². The van der Waals surface area contributed by atoms with Gasteiger partial charge in [-0.05, 0) is 31.4 Å². The summed E-state index contributed by atoms with van der Waals surface area (Å²) in [6.07, 6.45) is 2.14. The van der Waals surface area contributed by atoms with Gasteiger partial charge in [0.25, 0.3) is 0 Å². The second-order valence-electron chi connectivity index (χ2n) is 4.73. The predicted molar refractivity (Wildman–Crippen MR) is 77.6 cm³/mol. The molecule has 0 aliphatic carbocycles. The lowest BCUT2D eigenvalue weighted by atomic mass is 10.0. The standard InChI is InChI=1S/C16H22N2O/c1-4-12-11-13(5-2)18(17-12)15-10-8-7-9-14(15)16(19)6-3/h7-11,16,19H,4-6H2,1-3H3. The Morgan fingerprint density at radius 3 is 2.53 bits per heavy atom. The van der Waals surface area contributed by atoms with E-state index >= 15 is 0 Å². The predicted octanol–water partition coefficient (Wildman–Crippen LogP) is 3.44. The Kier molecular flexibility index (Phi) is 4.38. The van der Waals surface area contributed by atoms with Crippen molar-refractivity contribution in [2.75, 3.05) is 0 Å². The van der Waals surface area contributed by atoms with Crippen LogP contribution in [0.4, 0.5) is 0 Å². The lowest BCUT2D eigenvalue weighted by Crippen LogP contribution is -2.08. The smallest absolute Gasteiger partial charge is 0.0808 e. The summed E-state index contributed by atoms with van der Waals surface area (Å²) < 4.78 is 1.98. The minimum atomic E-state index is -0.435. The normalized spacial score (nSPS) is 12.6. The molecule has 2 aromatic rings. The van der Waals surface area contributed by atoms with E-state index in [1.165, 1.54) is 5.69 Å². The van der Waals surface area contributed by atoms with Gasteiger partial charge in [-0.3, -0.25) is 0 Å². The largest absolute Gasteiger partial charge is 0.388 e. The Hall–Kier alpha value is -1.61. The summed E-state index contributed by atoms with van der Waals surface area (Å²) in [5.74, 6) is 0. The molecule has 0 saturated carbocycles. The van der Waals surface area contributed by atoms with Crippen LogP contribution >= 0.6 is 0 Å². The molecule has 0 saturated heterocycles. The van der Waals surface area contributed by atoms with E-state index in [1.807, 2.05) is 35.9 Å². The lowest BCUT2D eigenvalue weighted by molar-refractivity contribution is 0.173. The molecule has 0 spiro atoms. The molecule has 1 aromatic carbocycles.